The van der Waals surface area contributed by atoms with Gasteiger partial charge in [-0.25, -0.2) is 9.18 Å². The Hall–Kier alpha value is -2.60. The van der Waals surface area contributed by atoms with Crippen molar-refractivity contribution in [1.82, 2.24) is 0 Å². The molecule has 98 valence electrons. The summed E-state index contributed by atoms with van der Waals surface area (Å²) in [6.45, 7) is 0. The van der Waals surface area contributed by atoms with Gasteiger partial charge in [-0.1, -0.05) is 18.2 Å². The first-order valence-electron chi connectivity index (χ1n) is 5.39. The van der Waals surface area contributed by atoms with Gasteiger partial charge in [-0.05, 0) is 24.3 Å². The van der Waals surface area contributed by atoms with E-state index in [1.54, 1.807) is 35.8 Å². The summed E-state index contributed by atoms with van der Waals surface area (Å²) in [5, 5.41) is 22.6. The monoisotopic (exact) mass is 261 g/mol. The maximum Gasteiger partial charge on any atom is 0.340 e. The van der Waals surface area contributed by atoms with E-state index in [2.05, 4.69) is 5.32 Å². The van der Waals surface area contributed by atoms with E-state index in [1.807, 2.05) is 0 Å². The van der Waals surface area contributed by atoms with Crippen LogP contribution < -0.4 is 10.8 Å². The summed E-state index contributed by atoms with van der Waals surface area (Å²) in [7, 11) is 0. The van der Waals surface area contributed by atoms with E-state index < -0.39 is 17.3 Å². The molecule has 19 heavy (non-hydrogen) atoms. The molecule has 0 aliphatic heterocycles. The van der Waals surface area contributed by atoms with Gasteiger partial charge in [0, 0.05) is 11.4 Å². The summed E-state index contributed by atoms with van der Waals surface area (Å²) < 4.78 is 13.6. The Kier molecular flexibility index (Phi) is 3.63. The van der Waals surface area contributed by atoms with E-state index >= 15 is 0 Å². The Morgan fingerprint density at radius 1 is 1.16 bits per heavy atom. The van der Waals surface area contributed by atoms with E-state index in [9.17, 15) is 14.4 Å². The summed E-state index contributed by atoms with van der Waals surface area (Å²) in [6, 6.07) is 10.7. The number of halogens is 1. The molecule has 0 aliphatic rings. The molecule has 0 atom stereocenters. The number of carbonyl (C=O) groups is 1. The predicted molar refractivity (Wildman–Crippen MR) is 70.1 cm³/mol. The maximum absolute atomic E-state index is 13.6. The fourth-order valence-electron chi connectivity index (χ4n) is 1.67. The predicted octanol–water partition coefficient (Wildman–Crippen LogP) is 3.18. The van der Waals surface area contributed by atoms with E-state index in [0.717, 1.165) is 6.07 Å². The highest BCUT2D eigenvalue weighted by molar-refractivity contribution is 5.99. The summed E-state index contributed by atoms with van der Waals surface area (Å²) in [4.78, 5) is 11.1. The van der Waals surface area contributed by atoms with Crippen LogP contribution in [0.1, 0.15) is 10.4 Å². The number of para-hydroxylation sites is 1. The van der Waals surface area contributed by atoms with Crippen LogP contribution in [0.3, 0.4) is 0 Å². The van der Waals surface area contributed by atoms with E-state index in [4.69, 9.17) is 5.11 Å². The molecule has 2 rings (SSSR count). The highest BCUT2D eigenvalue weighted by Crippen LogP contribution is 2.31. The number of rotatable bonds is 4. The molecule has 0 unspecified atom stereocenters. The van der Waals surface area contributed by atoms with Crippen LogP contribution in [0.4, 0.5) is 21.5 Å². The third-order valence-electron chi connectivity index (χ3n) is 2.52. The van der Waals surface area contributed by atoms with Crippen molar-refractivity contribution in [2.45, 2.75) is 0 Å². The van der Waals surface area contributed by atoms with Crippen LogP contribution in [0.2, 0.25) is 0 Å². The van der Waals surface area contributed by atoms with Crippen molar-refractivity contribution >= 4 is 23.0 Å². The first kappa shape index (κ1) is 12.8. The number of benzene rings is 2. The number of anilines is 3. The van der Waals surface area contributed by atoms with Crippen LogP contribution in [0.25, 0.3) is 0 Å². The minimum absolute atomic E-state index is 0.0392. The van der Waals surface area contributed by atoms with Gasteiger partial charge in [-0.3, -0.25) is 0 Å². The largest absolute Gasteiger partial charge is 0.761 e. The van der Waals surface area contributed by atoms with Crippen molar-refractivity contribution in [2.75, 3.05) is 10.8 Å². The second-order valence-corrected chi connectivity index (χ2v) is 3.74. The number of nitrogens with one attached hydrogen (secondary N) is 2. The van der Waals surface area contributed by atoms with E-state index in [-0.39, 0.29) is 11.4 Å². The van der Waals surface area contributed by atoms with Gasteiger partial charge >= 0.3 is 5.97 Å². The third-order valence-corrected chi connectivity index (χ3v) is 2.52. The van der Waals surface area contributed by atoms with Crippen molar-refractivity contribution in [1.29, 1.82) is 0 Å². The van der Waals surface area contributed by atoms with Crippen LogP contribution in [0.15, 0.2) is 42.5 Å². The van der Waals surface area contributed by atoms with Crippen LogP contribution in [-0.2, 0) is 0 Å². The molecule has 0 saturated heterocycles. The van der Waals surface area contributed by atoms with Crippen LogP contribution in [0.5, 0.6) is 0 Å². The zero-order chi connectivity index (χ0) is 13.8. The molecule has 0 aromatic heterocycles. The van der Waals surface area contributed by atoms with Gasteiger partial charge in [0.15, 0.2) is 0 Å². The van der Waals surface area contributed by atoms with Crippen molar-refractivity contribution in [3.05, 3.63) is 59.1 Å². The molecular formula is C13H10FN2O3-. The van der Waals surface area contributed by atoms with Gasteiger partial charge in [0.2, 0.25) is 0 Å². The van der Waals surface area contributed by atoms with Crippen molar-refractivity contribution in [3.63, 3.8) is 0 Å². The summed E-state index contributed by atoms with van der Waals surface area (Å²) in [6.07, 6.45) is 0. The number of hydrogen-bond acceptors (Lipinski definition) is 4. The molecule has 5 nitrogen and oxygen atoms in total. The topological polar surface area (TPSA) is 84.4 Å². The Morgan fingerprint density at radius 2 is 1.84 bits per heavy atom. The van der Waals surface area contributed by atoms with Crippen molar-refractivity contribution in [2.24, 2.45) is 0 Å². The molecule has 0 heterocycles. The molecule has 0 spiro atoms. The molecule has 0 amide bonds. The highest BCUT2D eigenvalue weighted by Gasteiger charge is 2.18. The van der Waals surface area contributed by atoms with E-state index in [1.165, 1.54) is 6.07 Å². The van der Waals surface area contributed by atoms with Gasteiger partial charge in [0.05, 0.1) is 5.69 Å². The standard InChI is InChI=1S/C13H10FN2O3/c14-9-6-7-10(16-19)12(11(9)13(17)18)15-8-4-2-1-3-5-8/h1-7,15-16H,(H,17,18)/q-1. The second kappa shape index (κ2) is 5.36. The molecule has 0 bridgehead atoms. The Balaban J connectivity index is 2.53. The lowest BCUT2D eigenvalue weighted by Gasteiger charge is -2.18. The molecule has 2 aromatic carbocycles. The lowest BCUT2D eigenvalue weighted by molar-refractivity contribution is 0.0693. The lowest BCUT2D eigenvalue weighted by Crippen LogP contribution is -2.08. The van der Waals surface area contributed by atoms with E-state index in [0.29, 0.717) is 5.69 Å². The number of carboxylic acid groups (broad SMARTS) is 1. The van der Waals surface area contributed by atoms with Crippen LogP contribution in [-0.4, -0.2) is 11.1 Å². The molecule has 3 N–H and O–H groups in total. The lowest BCUT2D eigenvalue weighted by atomic mass is 10.1. The average Bonchev–Trinajstić information content (AvgIpc) is 2.40. The molecule has 2 aromatic rings. The quantitative estimate of drug-likeness (QED) is 0.736. The van der Waals surface area contributed by atoms with Gasteiger partial charge in [-0.2, -0.15) is 0 Å². The van der Waals surface area contributed by atoms with Crippen LogP contribution >= 0.6 is 0 Å². The minimum atomic E-state index is -1.45. The molecule has 6 heteroatoms. The van der Waals surface area contributed by atoms with Gasteiger partial charge in [0.1, 0.15) is 11.4 Å². The zero-order valence-corrected chi connectivity index (χ0v) is 9.68. The average molecular weight is 261 g/mol. The number of aromatic carboxylic acids is 1. The molecule has 0 saturated carbocycles. The van der Waals surface area contributed by atoms with Crippen LogP contribution in [0, 0.1) is 11.0 Å². The van der Waals surface area contributed by atoms with Gasteiger partial charge < -0.3 is 21.1 Å². The smallest absolute Gasteiger partial charge is 0.340 e. The van der Waals surface area contributed by atoms with Gasteiger partial charge in [-0.15, -0.1) is 0 Å². The molecule has 0 fully saturated rings. The fraction of sp³-hybridized carbons (Fsp3) is 0. The summed E-state index contributed by atoms with van der Waals surface area (Å²) in [5.41, 5.74) is 1.42. The minimum Gasteiger partial charge on any atom is -0.761 e. The van der Waals surface area contributed by atoms with Crippen molar-refractivity contribution < 1.29 is 14.3 Å². The van der Waals surface area contributed by atoms with Gasteiger partial charge in [0.25, 0.3) is 0 Å². The third kappa shape index (κ3) is 2.63. The Labute approximate surface area is 108 Å². The number of hydrogen-bond donors (Lipinski definition) is 3. The molecule has 0 aliphatic carbocycles. The highest BCUT2D eigenvalue weighted by atomic mass is 19.1. The SMILES string of the molecule is O=C(O)c1c(F)ccc(N[O-])c1Nc1ccccc1. The normalized spacial score (nSPS) is 10.0. The van der Waals surface area contributed by atoms with Crippen molar-refractivity contribution in [3.8, 4) is 0 Å². The first-order chi connectivity index (χ1) is 9.13. The maximum atomic E-state index is 13.6. The summed E-state index contributed by atoms with van der Waals surface area (Å²) >= 11 is 0. The first-order valence-corrected chi connectivity index (χ1v) is 5.39. The molecular weight excluding hydrogens is 251 g/mol. The Morgan fingerprint density at radius 3 is 2.42 bits per heavy atom. The Bertz CT molecular complexity index is 602. The molecule has 0 radical (unpaired) electrons. The zero-order valence-electron chi connectivity index (χ0n) is 9.68. The fourth-order valence-corrected chi connectivity index (χ4v) is 1.67. The number of carboxylic acids is 1. The second-order valence-electron chi connectivity index (χ2n) is 3.74. The summed E-state index contributed by atoms with van der Waals surface area (Å²) in [5.74, 6) is -2.36.